The molecule has 0 aromatic rings. The van der Waals surface area contributed by atoms with Crippen LogP contribution in [0.15, 0.2) is 0 Å². The zero-order chi connectivity index (χ0) is 16.3. The van der Waals surface area contributed by atoms with E-state index in [4.69, 9.17) is 9.47 Å². The number of fused-ring (bicyclic) bond motifs is 2. The molecule has 2 aliphatic rings. The second kappa shape index (κ2) is 6.98. The van der Waals surface area contributed by atoms with Crippen molar-refractivity contribution in [3.05, 3.63) is 0 Å². The summed E-state index contributed by atoms with van der Waals surface area (Å²) >= 11 is 0. The van der Waals surface area contributed by atoms with Gasteiger partial charge in [-0.05, 0) is 11.8 Å². The summed E-state index contributed by atoms with van der Waals surface area (Å²) in [6, 6.07) is -0.245. The summed E-state index contributed by atoms with van der Waals surface area (Å²) < 4.78 is 14.3. The summed E-state index contributed by atoms with van der Waals surface area (Å²) in [4.78, 5) is 36.8. The van der Waals surface area contributed by atoms with Crippen molar-refractivity contribution < 1.29 is 28.6 Å². The normalized spacial score (nSPS) is 30.1. The molecular formula is C15H23NO6. The van der Waals surface area contributed by atoms with Gasteiger partial charge in [0.05, 0.1) is 20.8 Å². The van der Waals surface area contributed by atoms with Crippen molar-refractivity contribution in [3.63, 3.8) is 0 Å². The number of methoxy groups -OCH3 is 2. The molecule has 1 aliphatic carbocycles. The van der Waals surface area contributed by atoms with E-state index in [1.807, 2.05) is 0 Å². The largest absolute Gasteiger partial charge is 0.507 e. The smallest absolute Gasteiger partial charge is 0.453 e. The molecule has 4 atom stereocenters. The number of nitrogens with zero attached hydrogens (tertiary/aromatic N) is 1. The van der Waals surface area contributed by atoms with E-state index < -0.39 is 12.2 Å². The average molecular weight is 313 g/mol. The van der Waals surface area contributed by atoms with E-state index in [-0.39, 0.29) is 30.4 Å². The first-order valence-electron chi connectivity index (χ1n) is 7.62. The van der Waals surface area contributed by atoms with Crippen LogP contribution in [0.2, 0.25) is 0 Å². The van der Waals surface area contributed by atoms with Crippen molar-refractivity contribution >= 4 is 18.0 Å². The SMILES string of the molecule is CCC1[C@H]2CC(=O)C[C@@H]1[C@@H](CCOC(=O)OC)N2C(=O)OC. The maximum absolute atomic E-state index is 12.1. The van der Waals surface area contributed by atoms with Crippen molar-refractivity contribution in [2.24, 2.45) is 11.8 Å². The van der Waals surface area contributed by atoms with E-state index in [0.717, 1.165) is 6.42 Å². The van der Waals surface area contributed by atoms with Gasteiger partial charge in [0.15, 0.2) is 0 Å². The Hall–Kier alpha value is -1.79. The van der Waals surface area contributed by atoms with Crippen molar-refractivity contribution in [2.75, 3.05) is 20.8 Å². The summed E-state index contributed by atoms with van der Waals surface area (Å²) in [6.07, 6.45) is 1.10. The van der Waals surface area contributed by atoms with Crippen LogP contribution < -0.4 is 0 Å². The molecule has 1 heterocycles. The number of carbonyl (C=O) groups is 3. The molecule has 1 saturated carbocycles. The van der Waals surface area contributed by atoms with Gasteiger partial charge < -0.3 is 19.1 Å². The highest BCUT2D eigenvalue weighted by Gasteiger charge is 2.54. The summed E-state index contributed by atoms with van der Waals surface area (Å²) in [7, 11) is 2.59. The Morgan fingerprint density at radius 2 is 1.95 bits per heavy atom. The van der Waals surface area contributed by atoms with Crippen LogP contribution in [0.25, 0.3) is 0 Å². The predicted octanol–water partition coefficient (Wildman–Crippen LogP) is 1.98. The lowest BCUT2D eigenvalue weighted by Crippen LogP contribution is -2.43. The van der Waals surface area contributed by atoms with Gasteiger partial charge in [0.2, 0.25) is 0 Å². The van der Waals surface area contributed by atoms with Gasteiger partial charge in [0, 0.05) is 31.3 Å². The minimum absolute atomic E-state index is 0.105. The lowest BCUT2D eigenvalue weighted by molar-refractivity contribution is -0.122. The number of ether oxygens (including phenoxy) is 3. The molecule has 2 bridgehead atoms. The molecule has 7 heteroatoms. The average Bonchev–Trinajstić information content (AvgIpc) is 2.70. The van der Waals surface area contributed by atoms with Crippen LogP contribution in [0.3, 0.4) is 0 Å². The highest BCUT2D eigenvalue weighted by molar-refractivity contribution is 5.82. The fourth-order valence-electron chi connectivity index (χ4n) is 3.97. The van der Waals surface area contributed by atoms with Gasteiger partial charge in [0.25, 0.3) is 0 Å². The second-order valence-corrected chi connectivity index (χ2v) is 5.79. The van der Waals surface area contributed by atoms with Crippen LogP contribution in [-0.4, -0.2) is 55.8 Å². The summed E-state index contributed by atoms with van der Waals surface area (Å²) in [5, 5.41) is 0. The molecule has 2 fully saturated rings. The molecule has 0 aromatic heterocycles. The number of amides is 1. The number of hydrogen-bond donors (Lipinski definition) is 0. The van der Waals surface area contributed by atoms with Crippen LogP contribution in [0.1, 0.15) is 32.6 Å². The molecule has 0 radical (unpaired) electrons. The van der Waals surface area contributed by atoms with E-state index in [0.29, 0.717) is 25.2 Å². The van der Waals surface area contributed by atoms with Crippen molar-refractivity contribution in [1.82, 2.24) is 4.90 Å². The highest BCUT2D eigenvalue weighted by Crippen LogP contribution is 2.46. The van der Waals surface area contributed by atoms with Gasteiger partial charge in [-0.1, -0.05) is 13.3 Å². The molecule has 7 nitrogen and oxygen atoms in total. The molecule has 124 valence electrons. The summed E-state index contributed by atoms with van der Waals surface area (Å²) in [6.45, 7) is 2.22. The van der Waals surface area contributed by atoms with Gasteiger partial charge in [-0.3, -0.25) is 4.79 Å². The summed E-state index contributed by atoms with van der Waals surface area (Å²) in [5.41, 5.74) is 0. The Morgan fingerprint density at radius 3 is 2.55 bits per heavy atom. The Morgan fingerprint density at radius 1 is 1.23 bits per heavy atom. The van der Waals surface area contributed by atoms with Gasteiger partial charge in [-0.15, -0.1) is 0 Å². The zero-order valence-electron chi connectivity index (χ0n) is 13.2. The molecule has 1 unspecified atom stereocenters. The van der Waals surface area contributed by atoms with E-state index in [2.05, 4.69) is 11.7 Å². The third kappa shape index (κ3) is 3.03. The molecule has 1 amide bonds. The van der Waals surface area contributed by atoms with E-state index in [9.17, 15) is 14.4 Å². The molecule has 1 aliphatic heterocycles. The third-order valence-corrected chi connectivity index (χ3v) is 4.81. The van der Waals surface area contributed by atoms with Crippen molar-refractivity contribution in [2.45, 2.75) is 44.7 Å². The molecule has 0 spiro atoms. The van der Waals surface area contributed by atoms with Crippen LogP contribution in [0.4, 0.5) is 9.59 Å². The molecular weight excluding hydrogens is 290 g/mol. The lowest BCUT2D eigenvalue weighted by atomic mass is 9.75. The fourth-order valence-corrected chi connectivity index (χ4v) is 3.97. The molecule has 22 heavy (non-hydrogen) atoms. The first-order valence-corrected chi connectivity index (χ1v) is 7.62. The lowest BCUT2D eigenvalue weighted by Gasteiger charge is -2.29. The molecule has 1 saturated heterocycles. The Kier molecular flexibility index (Phi) is 5.26. The maximum Gasteiger partial charge on any atom is 0.507 e. The van der Waals surface area contributed by atoms with Crippen LogP contribution >= 0.6 is 0 Å². The standard InChI is InChI=1S/C15H23NO6/c1-4-10-11-7-9(17)8-13(10)16(14(18)20-2)12(11)5-6-22-15(19)21-3/h10-13H,4-8H2,1-3H3/t10?,11-,12+,13+/m0/s1. The maximum atomic E-state index is 12.1. The molecule has 2 rings (SSSR count). The van der Waals surface area contributed by atoms with Gasteiger partial charge >= 0.3 is 12.2 Å². The number of Topliss-reactive ketones (excluding diaryl/α,β-unsaturated/α-hetero) is 1. The van der Waals surface area contributed by atoms with Crippen molar-refractivity contribution in [1.29, 1.82) is 0 Å². The van der Waals surface area contributed by atoms with Gasteiger partial charge in [0.1, 0.15) is 5.78 Å². The van der Waals surface area contributed by atoms with Gasteiger partial charge in [-0.2, -0.15) is 0 Å². The quantitative estimate of drug-likeness (QED) is 0.738. The first kappa shape index (κ1) is 16.6. The van der Waals surface area contributed by atoms with Gasteiger partial charge in [-0.25, -0.2) is 9.59 Å². The minimum Gasteiger partial charge on any atom is -0.453 e. The highest BCUT2D eigenvalue weighted by atomic mass is 16.7. The minimum atomic E-state index is -0.742. The third-order valence-electron chi connectivity index (χ3n) is 4.81. The van der Waals surface area contributed by atoms with Crippen LogP contribution in [0, 0.1) is 11.8 Å². The van der Waals surface area contributed by atoms with Crippen LogP contribution in [-0.2, 0) is 19.0 Å². The number of likely N-dealkylation sites (tertiary alicyclic amines) is 1. The number of carbonyl (C=O) groups excluding carboxylic acids is 3. The van der Waals surface area contributed by atoms with Crippen molar-refractivity contribution in [3.8, 4) is 0 Å². The van der Waals surface area contributed by atoms with E-state index in [1.165, 1.54) is 14.2 Å². The Balaban J connectivity index is 2.14. The Labute approximate surface area is 129 Å². The fraction of sp³-hybridized carbons (Fsp3) is 0.800. The summed E-state index contributed by atoms with van der Waals surface area (Å²) in [5.74, 6) is 0.585. The second-order valence-electron chi connectivity index (χ2n) is 5.79. The van der Waals surface area contributed by atoms with E-state index >= 15 is 0 Å². The number of rotatable bonds is 4. The number of hydrogen-bond acceptors (Lipinski definition) is 6. The van der Waals surface area contributed by atoms with E-state index in [1.54, 1.807) is 4.90 Å². The van der Waals surface area contributed by atoms with Crippen LogP contribution in [0.5, 0.6) is 0 Å². The predicted molar refractivity (Wildman–Crippen MR) is 76.3 cm³/mol. The first-order chi connectivity index (χ1) is 10.5. The molecule has 0 N–H and O–H groups in total. The number of ketones is 1. The Bertz CT molecular complexity index is 451. The zero-order valence-corrected chi connectivity index (χ0v) is 13.2. The monoisotopic (exact) mass is 313 g/mol. The molecule has 0 aromatic carbocycles. The topological polar surface area (TPSA) is 82.1 Å².